The van der Waals surface area contributed by atoms with Crippen molar-refractivity contribution >= 4 is 23.2 Å². The number of hydrogen-bond acceptors (Lipinski definition) is 6. The molecule has 0 radical (unpaired) electrons. The number of methoxy groups -OCH3 is 1. The van der Waals surface area contributed by atoms with Gasteiger partial charge < -0.3 is 9.84 Å². The molecular weight excluding hydrogens is 408 g/mol. The number of hydrogen-bond donors (Lipinski definition) is 1. The van der Waals surface area contributed by atoms with E-state index in [1.807, 2.05) is 49.4 Å². The van der Waals surface area contributed by atoms with Crippen LogP contribution in [0.1, 0.15) is 17.2 Å². The van der Waals surface area contributed by atoms with Gasteiger partial charge in [0.25, 0.3) is 5.91 Å². The van der Waals surface area contributed by atoms with Crippen molar-refractivity contribution in [3.05, 3.63) is 83.9 Å². The van der Waals surface area contributed by atoms with Crippen LogP contribution in [0.5, 0.6) is 11.5 Å². The molecule has 0 aliphatic carbocycles. The summed E-state index contributed by atoms with van der Waals surface area (Å²) >= 11 is 0. The van der Waals surface area contributed by atoms with Crippen molar-refractivity contribution < 1.29 is 24.3 Å². The van der Waals surface area contributed by atoms with E-state index in [-0.39, 0.29) is 17.4 Å². The van der Waals surface area contributed by atoms with Crippen LogP contribution in [0.15, 0.2) is 72.8 Å². The minimum atomic E-state index is -1.00. The van der Waals surface area contributed by atoms with Gasteiger partial charge in [-0.2, -0.15) is 0 Å². The van der Waals surface area contributed by atoms with Crippen LogP contribution in [-0.2, 0) is 14.4 Å². The number of hydroxylamine groups is 1. The van der Waals surface area contributed by atoms with Gasteiger partial charge in [0.05, 0.1) is 18.5 Å². The van der Waals surface area contributed by atoms with Crippen LogP contribution in [-0.4, -0.2) is 30.1 Å². The number of fused-ring (bicyclic) bond motifs is 1. The van der Waals surface area contributed by atoms with E-state index in [2.05, 4.69) is 0 Å². The molecule has 7 nitrogen and oxygen atoms in total. The molecule has 0 aromatic heterocycles. The number of carbonyl (C=O) groups is 2. The zero-order chi connectivity index (χ0) is 22.4. The van der Waals surface area contributed by atoms with Gasteiger partial charge in [-0.1, -0.05) is 48.0 Å². The normalized spacial score (nSPS) is 22.4. The first-order valence-electron chi connectivity index (χ1n) is 10.3. The Labute approximate surface area is 185 Å². The summed E-state index contributed by atoms with van der Waals surface area (Å²) in [7, 11) is 1.46. The van der Waals surface area contributed by atoms with Gasteiger partial charge in [0.15, 0.2) is 17.6 Å². The molecule has 162 valence electrons. The van der Waals surface area contributed by atoms with Crippen molar-refractivity contribution in [1.82, 2.24) is 0 Å². The zero-order valence-electron chi connectivity index (χ0n) is 17.6. The van der Waals surface area contributed by atoms with E-state index in [4.69, 9.17) is 9.57 Å². The third kappa shape index (κ3) is 3.01. The summed E-state index contributed by atoms with van der Waals surface area (Å²) in [6, 6.07) is 20.8. The molecule has 3 aromatic carbocycles. The lowest BCUT2D eigenvalue weighted by Gasteiger charge is -2.29. The first-order valence-corrected chi connectivity index (χ1v) is 10.3. The Kier molecular flexibility index (Phi) is 4.83. The number of rotatable bonds is 4. The average Bonchev–Trinajstić information content (AvgIpc) is 3.31. The smallest absolute Gasteiger partial charge is 0.266 e. The third-order valence-corrected chi connectivity index (χ3v) is 5.99. The van der Waals surface area contributed by atoms with Gasteiger partial charge in [0.2, 0.25) is 5.91 Å². The molecule has 2 heterocycles. The maximum atomic E-state index is 13.6. The SMILES string of the molecule is COc1cccc([C@@H]2[C@H]3C(=O)N(c4ccc(C)cc4)C(=O)[C@@H]3ON2c2ccccc2)c1O. The quantitative estimate of drug-likeness (QED) is 0.635. The number of para-hydroxylation sites is 2. The molecule has 32 heavy (non-hydrogen) atoms. The highest BCUT2D eigenvalue weighted by molar-refractivity contribution is 6.24. The molecule has 7 heteroatoms. The van der Waals surface area contributed by atoms with E-state index >= 15 is 0 Å². The Morgan fingerprint density at radius 3 is 2.28 bits per heavy atom. The van der Waals surface area contributed by atoms with Gasteiger partial charge in [-0.3, -0.25) is 14.4 Å². The van der Waals surface area contributed by atoms with E-state index in [1.165, 1.54) is 12.0 Å². The molecule has 2 aliphatic heterocycles. The van der Waals surface area contributed by atoms with E-state index < -0.39 is 24.0 Å². The summed E-state index contributed by atoms with van der Waals surface area (Å²) in [5, 5.41) is 12.4. The van der Waals surface area contributed by atoms with Crippen molar-refractivity contribution in [3.63, 3.8) is 0 Å². The van der Waals surface area contributed by atoms with Crippen molar-refractivity contribution in [2.45, 2.75) is 19.1 Å². The highest BCUT2D eigenvalue weighted by atomic mass is 16.7. The Morgan fingerprint density at radius 2 is 1.59 bits per heavy atom. The predicted octanol–water partition coefficient (Wildman–Crippen LogP) is 3.76. The number of benzene rings is 3. The number of aryl methyl sites for hydroxylation is 1. The van der Waals surface area contributed by atoms with Gasteiger partial charge in [-0.15, -0.1) is 0 Å². The lowest BCUT2D eigenvalue weighted by molar-refractivity contribution is -0.126. The summed E-state index contributed by atoms with van der Waals surface area (Å²) in [5.41, 5.74) is 2.66. The number of imide groups is 1. The number of phenolic OH excluding ortho intramolecular Hbond substituents is 1. The molecule has 1 N–H and O–H groups in total. The highest BCUT2D eigenvalue weighted by Gasteiger charge is 2.60. The Morgan fingerprint density at radius 1 is 0.875 bits per heavy atom. The second kappa shape index (κ2) is 7.69. The molecular formula is C25H22N2O5. The molecule has 3 aromatic rings. The fourth-order valence-corrected chi connectivity index (χ4v) is 4.42. The predicted molar refractivity (Wildman–Crippen MR) is 118 cm³/mol. The van der Waals surface area contributed by atoms with Crippen LogP contribution in [0.3, 0.4) is 0 Å². The van der Waals surface area contributed by atoms with Gasteiger partial charge in [0.1, 0.15) is 12.0 Å². The van der Waals surface area contributed by atoms with E-state index in [1.54, 1.807) is 35.4 Å². The molecule has 0 bridgehead atoms. The minimum absolute atomic E-state index is 0.0841. The Hall–Kier alpha value is -3.84. The van der Waals surface area contributed by atoms with Crippen molar-refractivity contribution in [2.24, 2.45) is 5.92 Å². The average molecular weight is 430 g/mol. The third-order valence-electron chi connectivity index (χ3n) is 5.99. The van der Waals surface area contributed by atoms with Gasteiger partial charge in [0, 0.05) is 5.56 Å². The number of anilines is 2. The standard InChI is InChI=1S/C25H22N2O5/c1-15-11-13-16(14-12-15)26-24(29)20-21(18-9-6-10-19(31-2)22(18)28)27(32-23(20)25(26)30)17-7-4-3-5-8-17/h3-14,20-21,23,28H,1-2H3/t20-,21-,23-/m1/s1. The Bertz CT molecular complexity index is 1180. The van der Waals surface area contributed by atoms with Crippen LogP contribution in [0.25, 0.3) is 0 Å². The number of ether oxygens (including phenoxy) is 1. The summed E-state index contributed by atoms with van der Waals surface area (Å²) in [5.74, 6) is -1.42. The fourth-order valence-electron chi connectivity index (χ4n) is 4.42. The van der Waals surface area contributed by atoms with Crippen LogP contribution in [0.4, 0.5) is 11.4 Å². The molecule has 3 atom stereocenters. The lowest BCUT2D eigenvalue weighted by Crippen LogP contribution is -2.37. The van der Waals surface area contributed by atoms with E-state index in [0.29, 0.717) is 16.9 Å². The molecule has 5 rings (SSSR count). The summed E-state index contributed by atoms with van der Waals surface area (Å²) < 4.78 is 5.28. The van der Waals surface area contributed by atoms with Crippen molar-refractivity contribution in [3.8, 4) is 11.5 Å². The van der Waals surface area contributed by atoms with E-state index in [0.717, 1.165) is 5.56 Å². The molecule has 0 spiro atoms. The molecule has 2 amide bonds. The second-order valence-corrected chi connectivity index (χ2v) is 7.90. The summed E-state index contributed by atoms with van der Waals surface area (Å²) in [4.78, 5) is 34.2. The number of aromatic hydroxyl groups is 1. The number of nitrogens with zero attached hydrogens (tertiary/aromatic N) is 2. The zero-order valence-corrected chi connectivity index (χ0v) is 17.6. The first kappa shape index (κ1) is 20.1. The number of phenols is 1. The number of carbonyl (C=O) groups excluding carboxylic acids is 2. The van der Waals surface area contributed by atoms with Crippen LogP contribution >= 0.6 is 0 Å². The first-order chi connectivity index (χ1) is 15.5. The molecule has 0 unspecified atom stereocenters. The van der Waals surface area contributed by atoms with Gasteiger partial charge in [-0.25, -0.2) is 9.96 Å². The largest absolute Gasteiger partial charge is 0.504 e. The van der Waals surface area contributed by atoms with Gasteiger partial charge >= 0.3 is 0 Å². The van der Waals surface area contributed by atoms with E-state index in [9.17, 15) is 14.7 Å². The van der Waals surface area contributed by atoms with Crippen molar-refractivity contribution in [1.29, 1.82) is 0 Å². The minimum Gasteiger partial charge on any atom is -0.504 e. The highest BCUT2D eigenvalue weighted by Crippen LogP contribution is 2.50. The summed E-state index contributed by atoms with van der Waals surface area (Å²) in [6.45, 7) is 1.94. The Balaban J connectivity index is 1.62. The van der Waals surface area contributed by atoms with Crippen LogP contribution in [0.2, 0.25) is 0 Å². The van der Waals surface area contributed by atoms with Crippen molar-refractivity contribution in [2.75, 3.05) is 17.1 Å². The fraction of sp³-hybridized carbons (Fsp3) is 0.200. The summed E-state index contributed by atoms with van der Waals surface area (Å²) in [6.07, 6.45) is -1.00. The maximum absolute atomic E-state index is 13.6. The molecule has 2 saturated heterocycles. The van der Waals surface area contributed by atoms with Crippen LogP contribution < -0.4 is 14.7 Å². The number of amides is 2. The monoisotopic (exact) mass is 430 g/mol. The topological polar surface area (TPSA) is 79.3 Å². The molecule has 2 aliphatic rings. The molecule has 0 saturated carbocycles. The van der Waals surface area contributed by atoms with Crippen LogP contribution in [0, 0.1) is 12.8 Å². The van der Waals surface area contributed by atoms with Gasteiger partial charge in [-0.05, 0) is 37.3 Å². The second-order valence-electron chi connectivity index (χ2n) is 7.90. The molecule has 2 fully saturated rings. The maximum Gasteiger partial charge on any atom is 0.266 e. The lowest BCUT2D eigenvalue weighted by atomic mass is 9.90.